The Labute approximate surface area is 187 Å². The minimum Gasteiger partial charge on any atom is -0.338 e. The predicted molar refractivity (Wildman–Crippen MR) is 125 cm³/mol. The Hall–Kier alpha value is -3.93. The third kappa shape index (κ3) is 5.03. The number of hydrogen-bond donors (Lipinski definition) is 2. The molecule has 1 saturated heterocycles. The van der Waals surface area contributed by atoms with Gasteiger partial charge in [0.15, 0.2) is 0 Å². The second kappa shape index (κ2) is 9.92. The fourth-order valence-electron chi connectivity index (χ4n) is 3.87. The van der Waals surface area contributed by atoms with Gasteiger partial charge in [-0.05, 0) is 49.2 Å². The molecule has 3 aromatic rings. The lowest BCUT2D eigenvalue weighted by Gasteiger charge is -2.32. The molecule has 2 N–H and O–H groups in total. The summed E-state index contributed by atoms with van der Waals surface area (Å²) >= 11 is 0. The highest BCUT2D eigenvalue weighted by Crippen LogP contribution is 2.24. The number of amides is 3. The van der Waals surface area contributed by atoms with Crippen LogP contribution in [0, 0.1) is 5.92 Å². The van der Waals surface area contributed by atoms with Gasteiger partial charge in [-0.2, -0.15) is 0 Å². The molecular weight excluding hydrogens is 402 g/mol. The number of hydrogen-bond acceptors (Lipinski definition) is 3. The van der Waals surface area contributed by atoms with Gasteiger partial charge in [0.1, 0.15) is 0 Å². The van der Waals surface area contributed by atoms with Crippen molar-refractivity contribution in [2.24, 2.45) is 5.92 Å². The first-order chi connectivity index (χ1) is 15.6. The number of benzene rings is 3. The smallest absolute Gasteiger partial charge is 0.255 e. The quantitative estimate of drug-likeness (QED) is 0.632. The number of carbonyl (C=O) groups excluding carboxylic acids is 3. The average Bonchev–Trinajstić information content (AvgIpc) is 2.85. The van der Waals surface area contributed by atoms with Crippen molar-refractivity contribution in [3.8, 4) is 0 Å². The van der Waals surface area contributed by atoms with Gasteiger partial charge in [0.25, 0.3) is 11.8 Å². The number of carbonyl (C=O) groups is 3. The topological polar surface area (TPSA) is 78.5 Å². The molecule has 1 atom stereocenters. The average molecular weight is 428 g/mol. The van der Waals surface area contributed by atoms with Crippen LogP contribution in [0.15, 0.2) is 84.9 Å². The molecule has 6 nitrogen and oxygen atoms in total. The molecule has 1 aliphatic rings. The minimum atomic E-state index is -0.279. The lowest BCUT2D eigenvalue weighted by molar-refractivity contribution is -0.121. The minimum absolute atomic E-state index is 0.0839. The molecule has 0 saturated carbocycles. The number of piperidine rings is 1. The number of nitrogens with zero attached hydrogens (tertiary/aromatic N) is 1. The van der Waals surface area contributed by atoms with E-state index in [1.165, 1.54) is 0 Å². The van der Waals surface area contributed by atoms with E-state index in [4.69, 9.17) is 0 Å². The number of anilines is 2. The van der Waals surface area contributed by atoms with Gasteiger partial charge in [0.05, 0.1) is 17.2 Å². The van der Waals surface area contributed by atoms with E-state index in [1.54, 1.807) is 53.4 Å². The standard InChI is InChI=1S/C26H25N3O3/c30-24(19-10-3-1-4-11-19)28-23-16-8-7-15-22(23)26(32)29-17-9-12-20(18-29)25(31)27-21-13-5-2-6-14-21/h1-8,10-11,13-16,20H,9,12,17-18H2,(H,27,31)(H,28,30). The monoisotopic (exact) mass is 427 g/mol. The molecule has 6 heteroatoms. The Bertz CT molecular complexity index is 1100. The summed E-state index contributed by atoms with van der Waals surface area (Å²) in [6.45, 7) is 0.924. The fraction of sp³-hybridized carbons (Fsp3) is 0.192. The Morgan fingerprint density at radius 2 is 1.44 bits per heavy atom. The summed E-state index contributed by atoms with van der Waals surface area (Å²) in [6, 6.07) is 25.2. The summed E-state index contributed by atoms with van der Waals surface area (Å²) in [5.74, 6) is -0.825. The van der Waals surface area contributed by atoms with Gasteiger partial charge in [-0.3, -0.25) is 14.4 Å². The second-order valence-corrected chi connectivity index (χ2v) is 7.81. The number of nitrogens with one attached hydrogen (secondary N) is 2. The van der Waals surface area contributed by atoms with Gasteiger partial charge in [-0.25, -0.2) is 0 Å². The Morgan fingerprint density at radius 3 is 2.19 bits per heavy atom. The van der Waals surface area contributed by atoms with Crippen LogP contribution in [0.1, 0.15) is 33.6 Å². The van der Waals surface area contributed by atoms with E-state index in [0.717, 1.165) is 18.5 Å². The molecule has 1 aliphatic heterocycles. The van der Waals surface area contributed by atoms with E-state index < -0.39 is 0 Å². The predicted octanol–water partition coefficient (Wildman–Crippen LogP) is 4.43. The van der Waals surface area contributed by atoms with Gasteiger partial charge in [-0.15, -0.1) is 0 Å². The lowest BCUT2D eigenvalue weighted by atomic mass is 9.96. The van der Waals surface area contributed by atoms with Gasteiger partial charge < -0.3 is 15.5 Å². The molecule has 0 radical (unpaired) electrons. The number of likely N-dealkylation sites (tertiary alicyclic amines) is 1. The highest BCUT2D eigenvalue weighted by molar-refractivity contribution is 6.09. The third-order valence-corrected chi connectivity index (χ3v) is 5.56. The van der Waals surface area contributed by atoms with Crippen molar-refractivity contribution in [3.63, 3.8) is 0 Å². The van der Waals surface area contributed by atoms with Crippen molar-refractivity contribution in [3.05, 3.63) is 96.1 Å². The molecule has 0 bridgehead atoms. The zero-order valence-electron chi connectivity index (χ0n) is 17.7. The third-order valence-electron chi connectivity index (χ3n) is 5.56. The Balaban J connectivity index is 1.46. The molecule has 0 aromatic heterocycles. The van der Waals surface area contributed by atoms with Crippen molar-refractivity contribution in [1.29, 1.82) is 0 Å². The summed E-state index contributed by atoms with van der Waals surface area (Å²) < 4.78 is 0. The largest absolute Gasteiger partial charge is 0.338 e. The van der Waals surface area contributed by atoms with Crippen LogP contribution in [0.3, 0.4) is 0 Å². The van der Waals surface area contributed by atoms with Gasteiger partial charge in [0.2, 0.25) is 5.91 Å². The Morgan fingerprint density at radius 1 is 0.781 bits per heavy atom. The van der Waals surface area contributed by atoms with Crippen LogP contribution >= 0.6 is 0 Å². The maximum Gasteiger partial charge on any atom is 0.255 e. The van der Waals surface area contributed by atoms with Gasteiger partial charge in [0, 0.05) is 24.3 Å². The first-order valence-electron chi connectivity index (χ1n) is 10.7. The first-order valence-corrected chi connectivity index (χ1v) is 10.7. The van der Waals surface area contributed by atoms with E-state index in [2.05, 4.69) is 10.6 Å². The maximum absolute atomic E-state index is 13.3. The maximum atomic E-state index is 13.3. The van der Waals surface area contributed by atoms with E-state index >= 15 is 0 Å². The second-order valence-electron chi connectivity index (χ2n) is 7.81. The zero-order valence-corrected chi connectivity index (χ0v) is 17.7. The number of para-hydroxylation sites is 2. The van der Waals surface area contributed by atoms with Crippen LogP contribution in [0.5, 0.6) is 0 Å². The van der Waals surface area contributed by atoms with Crippen molar-refractivity contribution < 1.29 is 14.4 Å². The summed E-state index contributed by atoms with van der Waals surface area (Å²) in [5, 5.41) is 5.78. The Kier molecular flexibility index (Phi) is 6.60. The van der Waals surface area contributed by atoms with Crippen molar-refractivity contribution >= 4 is 29.1 Å². The van der Waals surface area contributed by atoms with Crippen LogP contribution in [0.25, 0.3) is 0 Å². The summed E-state index contributed by atoms with van der Waals surface area (Å²) in [5.41, 5.74) is 2.14. The molecule has 1 unspecified atom stereocenters. The van der Waals surface area contributed by atoms with Crippen molar-refractivity contribution in [2.45, 2.75) is 12.8 Å². The van der Waals surface area contributed by atoms with Crippen LogP contribution in [0.2, 0.25) is 0 Å². The summed E-state index contributed by atoms with van der Waals surface area (Å²) in [7, 11) is 0. The molecule has 162 valence electrons. The number of rotatable bonds is 5. The first kappa shape index (κ1) is 21.3. The summed E-state index contributed by atoms with van der Waals surface area (Å²) in [6.07, 6.45) is 1.48. The van der Waals surface area contributed by atoms with Crippen LogP contribution in [-0.4, -0.2) is 35.7 Å². The molecule has 3 aromatic carbocycles. The van der Waals surface area contributed by atoms with Crippen LogP contribution < -0.4 is 10.6 Å². The fourth-order valence-corrected chi connectivity index (χ4v) is 3.87. The molecule has 1 fully saturated rings. The van der Waals surface area contributed by atoms with Crippen molar-refractivity contribution in [1.82, 2.24) is 4.90 Å². The molecule has 3 amide bonds. The normalized spacial score (nSPS) is 15.6. The van der Waals surface area contributed by atoms with E-state index in [1.807, 2.05) is 36.4 Å². The zero-order chi connectivity index (χ0) is 22.3. The van der Waals surface area contributed by atoms with Crippen LogP contribution in [0.4, 0.5) is 11.4 Å². The van der Waals surface area contributed by atoms with E-state index in [-0.39, 0.29) is 23.6 Å². The molecule has 4 rings (SSSR count). The van der Waals surface area contributed by atoms with E-state index in [9.17, 15) is 14.4 Å². The molecule has 1 heterocycles. The van der Waals surface area contributed by atoms with Crippen molar-refractivity contribution in [2.75, 3.05) is 23.7 Å². The molecule has 0 aliphatic carbocycles. The van der Waals surface area contributed by atoms with E-state index in [0.29, 0.717) is 29.9 Å². The molecular formula is C26H25N3O3. The summed E-state index contributed by atoms with van der Waals surface area (Å²) in [4.78, 5) is 40.3. The molecule has 0 spiro atoms. The van der Waals surface area contributed by atoms with Gasteiger partial charge >= 0.3 is 0 Å². The van der Waals surface area contributed by atoms with Gasteiger partial charge in [-0.1, -0.05) is 48.5 Å². The SMILES string of the molecule is O=C(Nc1ccccc1C(=O)N1CCCC(C(=O)Nc2ccccc2)C1)c1ccccc1. The van der Waals surface area contributed by atoms with Crippen LogP contribution in [-0.2, 0) is 4.79 Å². The molecule has 32 heavy (non-hydrogen) atoms. The highest BCUT2D eigenvalue weighted by Gasteiger charge is 2.30. The highest BCUT2D eigenvalue weighted by atomic mass is 16.2. The lowest BCUT2D eigenvalue weighted by Crippen LogP contribution is -2.44.